The SMILES string of the molecule is c1ccc(C(Nc2ccc3[nH]ncc3c2)(c2ccccc2)c2ccccc2)cc1. The van der Waals surface area contributed by atoms with Crippen molar-refractivity contribution in [1.29, 1.82) is 0 Å². The van der Waals surface area contributed by atoms with Gasteiger partial charge in [0.05, 0.1) is 11.7 Å². The highest BCUT2D eigenvalue weighted by molar-refractivity contribution is 5.82. The normalized spacial score (nSPS) is 11.4. The molecule has 1 aromatic heterocycles. The summed E-state index contributed by atoms with van der Waals surface area (Å²) in [5.41, 5.74) is 5.09. The maximum atomic E-state index is 4.16. The molecule has 3 nitrogen and oxygen atoms in total. The van der Waals surface area contributed by atoms with Crippen LogP contribution in [0.2, 0.25) is 0 Å². The van der Waals surface area contributed by atoms with Crippen molar-refractivity contribution >= 4 is 16.6 Å². The molecule has 4 aromatic carbocycles. The van der Waals surface area contributed by atoms with E-state index in [0.717, 1.165) is 16.6 Å². The summed E-state index contributed by atoms with van der Waals surface area (Å²) in [5, 5.41) is 12.2. The molecule has 0 radical (unpaired) electrons. The van der Waals surface area contributed by atoms with Crippen LogP contribution in [0.1, 0.15) is 16.7 Å². The molecule has 0 aliphatic heterocycles. The van der Waals surface area contributed by atoms with Gasteiger partial charge in [-0.1, -0.05) is 91.0 Å². The minimum absolute atomic E-state index is 0.527. The summed E-state index contributed by atoms with van der Waals surface area (Å²) in [6, 6.07) is 38.1. The van der Waals surface area contributed by atoms with Gasteiger partial charge in [-0.15, -0.1) is 0 Å². The second-order valence-electron chi connectivity index (χ2n) is 7.15. The van der Waals surface area contributed by atoms with E-state index in [4.69, 9.17) is 0 Å². The average molecular weight is 375 g/mol. The van der Waals surface area contributed by atoms with Gasteiger partial charge in [0, 0.05) is 11.1 Å². The first-order valence-corrected chi connectivity index (χ1v) is 9.74. The molecule has 0 saturated heterocycles. The predicted octanol–water partition coefficient (Wildman–Crippen LogP) is 5.97. The van der Waals surface area contributed by atoms with Crippen LogP contribution < -0.4 is 5.32 Å². The number of aromatic amines is 1. The molecule has 140 valence electrons. The Morgan fingerprint density at radius 2 is 1.14 bits per heavy atom. The zero-order valence-electron chi connectivity index (χ0n) is 15.9. The predicted molar refractivity (Wildman–Crippen MR) is 119 cm³/mol. The Labute approximate surface area is 170 Å². The molecule has 0 unspecified atom stereocenters. The molecule has 1 heterocycles. The van der Waals surface area contributed by atoms with Crippen molar-refractivity contribution in [3.63, 3.8) is 0 Å². The van der Waals surface area contributed by atoms with E-state index < -0.39 is 5.54 Å². The summed E-state index contributed by atoms with van der Waals surface area (Å²) in [5.74, 6) is 0. The first-order valence-electron chi connectivity index (χ1n) is 9.74. The van der Waals surface area contributed by atoms with Crippen LogP contribution in [0.5, 0.6) is 0 Å². The third kappa shape index (κ3) is 3.07. The summed E-state index contributed by atoms with van der Waals surface area (Å²) in [6.45, 7) is 0. The zero-order chi connectivity index (χ0) is 19.5. The molecule has 0 spiro atoms. The quantitative estimate of drug-likeness (QED) is 0.372. The van der Waals surface area contributed by atoms with Crippen LogP contribution in [0.4, 0.5) is 5.69 Å². The van der Waals surface area contributed by atoms with Crippen LogP contribution in [0, 0.1) is 0 Å². The fourth-order valence-corrected chi connectivity index (χ4v) is 4.02. The van der Waals surface area contributed by atoms with Crippen molar-refractivity contribution < 1.29 is 0 Å². The monoisotopic (exact) mass is 375 g/mol. The van der Waals surface area contributed by atoms with E-state index in [1.807, 2.05) is 6.20 Å². The molecule has 0 saturated carbocycles. The smallest absolute Gasteiger partial charge is 0.114 e. The van der Waals surface area contributed by atoms with Gasteiger partial charge in [0.25, 0.3) is 0 Å². The number of benzene rings is 4. The Morgan fingerprint density at radius 1 is 0.621 bits per heavy atom. The Hall–Kier alpha value is -3.85. The highest BCUT2D eigenvalue weighted by atomic mass is 15.1. The van der Waals surface area contributed by atoms with Crippen LogP contribution in [-0.2, 0) is 5.54 Å². The van der Waals surface area contributed by atoms with Crippen LogP contribution in [-0.4, -0.2) is 10.2 Å². The summed E-state index contributed by atoms with van der Waals surface area (Å²) < 4.78 is 0. The molecule has 5 rings (SSSR count). The minimum atomic E-state index is -0.527. The molecule has 5 aromatic rings. The maximum absolute atomic E-state index is 4.16. The van der Waals surface area contributed by atoms with Crippen molar-refractivity contribution in [2.45, 2.75) is 5.54 Å². The van der Waals surface area contributed by atoms with E-state index in [9.17, 15) is 0 Å². The first-order chi connectivity index (χ1) is 14.4. The minimum Gasteiger partial charge on any atom is -0.368 e. The number of nitrogens with one attached hydrogen (secondary N) is 2. The molecule has 0 fully saturated rings. The summed E-state index contributed by atoms with van der Waals surface area (Å²) in [7, 11) is 0. The zero-order valence-corrected chi connectivity index (χ0v) is 15.9. The van der Waals surface area contributed by atoms with Gasteiger partial charge in [0.2, 0.25) is 0 Å². The van der Waals surface area contributed by atoms with Crippen molar-refractivity contribution in [1.82, 2.24) is 10.2 Å². The number of aromatic nitrogens is 2. The van der Waals surface area contributed by atoms with Crippen LogP contribution >= 0.6 is 0 Å². The average Bonchev–Trinajstić information content (AvgIpc) is 3.27. The number of hydrogen-bond acceptors (Lipinski definition) is 2. The molecule has 2 N–H and O–H groups in total. The molecular formula is C26H21N3. The van der Waals surface area contributed by atoms with Gasteiger partial charge in [-0.25, -0.2) is 0 Å². The van der Waals surface area contributed by atoms with Gasteiger partial charge in [0.1, 0.15) is 5.54 Å². The third-order valence-corrected chi connectivity index (χ3v) is 5.39. The van der Waals surface area contributed by atoms with Gasteiger partial charge in [0.15, 0.2) is 0 Å². The van der Waals surface area contributed by atoms with Gasteiger partial charge < -0.3 is 5.32 Å². The number of rotatable bonds is 5. The van der Waals surface area contributed by atoms with E-state index in [-0.39, 0.29) is 0 Å². The van der Waals surface area contributed by atoms with E-state index in [1.165, 1.54) is 16.7 Å². The fourth-order valence-electron chi connectivity index (χ4n) is 4.02. The molecular weight excluding hydrogens is 354 g/mol. The number of hydrogen-bond donors (Lipinski definition) is 2. The van der Waals surface area contributed by atoms with Crippen LogP contribution in [0.15, 0.2) is 115 Å². The largest absolute Gasteiger partial charge is 0.368 e. The topological polar surface area (TPSA) is 40.7 Å². The number of nitrogens with zero attached hydrogens (tertiary/aromatic N) is 1. The Bertz CT molecular complexity index is 1120. The second-order valence-corrected chi connectivity index (χ2v) is 7.15. The van der Waals surface area contributed by atoms with Crippen LogP contribution in [0.25, 0.3) is 10.9 Å². The van der Waals surface area contributed by atoms with Crippen molar-refractivity contribution in [3.05, 3.63) is 132 Å². The lowest BCUT2D eigenvalue weighted by Crippen LogP contribution is -2.38. The molecule has 0 atom stereocenters. The molecule has 0 aliphatic carbocycles. The van der Waals surface area contributed by atoms with Gasteiger partial charge in [-0.3, -0.25) is 5.10 Å². The Balaban J connectivity index is 1.77. The molecule has 0 amide bonds. The van der Waals surface area contributed by atoms with E-state index in [1.54, 1.807) is 0 Å². The summed E-state index contributed by atoms with van der Waals surface area (Å²) >= 11 is 0. The van der Waals surface area contributed by atoms with Crippen molar-refractivity contribution in [2.75, 3.05) is 5.32 Å². The Kier molecular flexibility index (Phi) is 4.34. The first kappa shape index (κ1) is 17.3. The van der Waals surface area contributed by atoms with E-state index in [2.05, 4.69) is 125 Å². The van der Waals surface area contributed by atoms with E-state index in [0.29, 0.717) is 0 Å². The Morgan fingerprint density at radius 3 is 1.66 bits per heavy atom. The van der Waals surface area contributed by atoms with Crippen LogP contribution in [0.3, 0.4) is 0 Å². The number of anilines is 1. The highest BCUT2D eigenvalue weighted by Crippen LogP contribution is 2.40. The van der Waals surface area contributed by atoms with Crippen molar-refractivity contribution in [3.8, 4) is 0 Å². The molecule has 29 heavy (non-hydrogen) atoms. The third-order valence-electron chi connectivity index (χ3n) is 5.39. The van der Waals surface area contributed by atoms with E-state index >= 15 is 0 Å². The van der Waals surface area contributed by atoms with Gasteiger partial charge in [-0.2, -0.15) is 5.10 Å². The molecule has 0 bridgehead atoms. The summed E-state index contributed by atoms with van der Waals surface area (Å²) in [6.07, 6.45) is 1.86. The molecule has 3 heteroatoms. The second kappa shape index (κ2) is 7.28. The number of H-pyrrole nitrogens is 1. The van der Waals surface area contributed by atoms with Gasteiger partial charge in [-0.05, 0) is 34.9 Å². The standard InChI is InChI=1S/C26H21N3/c1-4-10-21(11-5-1)26(22-12-6-2-7-13-22,23-14-8-3-9-15-23)28-24-16-17-25-20(18-24)19-27-29-25/h1-19,28H,(H,27,29). The maximum Gasteiger partial charge on any atom is 0.114 e. The highest BCUT2D eigenvalue weighted by Gasteiger charge is 2.36. The summed E-state index contributed by atoms with van der Waals surface area (Å²) in [4.78, 5) is 0. The molecule has 0 aliphatic rings. The number of fused-ring (bicyclic) bond motifs is 1. The fraction of sp³-hybridized carbons (Fsp3) is 0.0385. The van der Waals surface area contributed by atoms with Gasteiger partial charge >= 0.3 is 0 Å². The lowest BCUT2D eigenvalue weighted by atomic mass is 9.77. The van der Waals surface area contributed by atoms with Crippen molar-refractivity contribution in [2.24, 2.45) is 0 Å². The lowest BCUT2D eigenvalue weighted by Gasteiger charge is -2.38. The lowest BCUT2D eigenvalue weighted by molar-refractivity contribution is 0.712.